The molecule has 2 aromatic carbocycles. The van der Waals surface area contributed by atoms with Gasteiger partial charge in [-0.2, -0.15) is 0 Å². The number of carbonyl (C=O) groups is 1. The second-order valence-corrected chi connectivity index (χ2v) is 5.02. The summed E-state index contributed by atoms with van der Waals surface area (Å²) in [6.07, 6.45) is 0.618. The van der Waals surface area contributed by atoms with Crippen LogP contribution in [0.25, 0.3) is 0 Å². The SMILES string of the molecule is CCN1C(=O)[C@H](Cc2ccc(F)cc2)c2ccccc21. The second-order valence-electron chi connectivity index (χ2n) is 5.02. The molecule has 0 aliphatic carbocycles. The first-order valence-electron chi connectivity index (χ1n) is 6.85. The van der Waals surface area contributed by atoms with Crippen molar-refractivity contribution in [2.75, 3.05) is 11.4 Å². The van der Waals surface area contributed by atoms with Crippen molar-refractivity contribution in [1.82, 2.24) is 0 Å². The molecule has 3 rings (SSSR count). The highest BCUT2D eigenvalue weighted by molar-refractivity contribution is 6.05. The summed E-state index contributed by atoms with van der Waals surface area (Å²) in [7, 11) is 0. The van der Waals surface area contributed by atoms with Crippen LogP contribution in [-0.4, -0.2) is 12.5 Å². The molecular formula is C17H16FNO. The Morgan fingerprint density at radius 1 is 1.10 bits per heavy atom. The zero-order valence-electron chi connectivity index (χ0n) is 11.3. The Labute approximate surface area is 117 Å². The molecule has 0 saturated heterocycles. The van der Waals surface area contributed by atoms with Crippen LogP contribution in [0.2, 0.25) is 0 Å². The highest BCUT2D eigenvalue weighted by Gasteiger charge is 2.35. The van der Waals surface area contributed by atoms with Crippen LogP contribution in [0.5, 0.6) is 0 Å². The molecule has 2 nitrogen and oxygen atoms in total. The molecule has 0 radical (unpaired) electrons. The summed E-state index contributed by atoms with van der Waals surface area (Å²) in [4.78, 5) is 14.3. The molecule has 1 amide bonds. The number of amides is 1. The van der Waals surface area contributed by atoms with Crippen molar-refractivity contribution in [3.05, 3.63) is 65.5 Å². The minimum Gasteiger partial charge on any atom is -0.312 e. The van der Waals surface area contributed by atoms with Crippen LogP contribution in [0.3, 0.4) is 0 Å². The van der Waals surface area contributed by atoms with Crippen LogP contribution in [-0.2, 0) is 11.2 Å². The molecule has 0 bridgehead atoms. The van der Waals surface area contributed by atoms with E-state index in [1.54, 1.807) is 12.1 Å². The van der Waals surface area contributed by atoms with Gasteiger partial charge in [0.05, 0.1) is 5.92 Å². The molecular weight excluding hydrogens is 253 g/mol. The van der Waals surface area contributed by atoms with Crippen molar-refractivity contribution in [3.8, 4) is 0 Å². The fourth-order valence-corrected chi connectivity index (χ4v) is 2.85. The molecule has 1 aliphatic heterocycles. The molecule has 0 spiro atoms. The van der Waals surface area contributed by atoms with Crippen molar-refractivity contribution < 1.29 is 9.18 Å². The first-order valence-corrected chi connectivity index (χ1v) is 6.85. The van der Waals surface area contributed by atoms with E-state index in [-0.39, 0.29) is 17.6 Å². The molecule has 0 aromatic heterocycles. The Bertz CT molecular complexity index is 636. The van der Waals surface area contributed by atoms with E-state index in [1.807, 2.05) is 36.1 Å². The Balaban J connectivity index is 1.94. The van der Waals surface area contributed by atoms with Crippen molar-refractivity contribution in [2.24, 2.45) is 0 Å². The fourth-order valence-electron chi connectivity index (χ4n) is 2.85. The highest BCUT2D eigenvalue weighted by atomic mass is 19.1. The normalized spacial score (nSPS) is 17.4. The Morgan fingerprint density at radius 3 is 2.50 bits per heavy atom. The summed E-state index contributed by atoms with van der Waals surface area (Å²) >= 11 is 0. The lowest BCUT2D eigenvalue weighted by atomic mass is 9.93. The maximum atomic E-state index is 13.0. The number of para-hydroxylation sites is 1. The number of halogens is 1. The van der Waals surface area contributed by atoms with Crippen molar-refractivity contribution >= 4 is 11.6 Å². The molecule has 1 aliphatic rings. The Hall–Kier alpha value is -2.16. The third kappa shape index (κ3) is 2.09. The summed E-state index contributed by atoms with van der Waals surface area (Å²) < 4.78 is 13.0. The largest absolute Gasteiger partial charge is 0.312 e. The lowest BCUT2D eigenvalue weighted by Gasteiger charge is -2.15. The molecule has 0 saturated carbocycles. The van der Waals surface area contributed by atoms with Crippen LogP contribution >= 0.6 is 0 Å². The molecule has 102 valence electrons. The molecule has 1 heterocycles. The average molecular weight is 269 g/mol. The lowest BCUT2D eigenvalue weighted by molar-refractivity contribution is -0.119. The second kappa shape index (κ2) is 5.08. The van der Waals surface area contributed by atoms with Gasteiger partial charge in [0, 0.05) is 12.2 Å². The number of benzene rings is 2. The number of fused-ring (bicyclic) bond motifs is 1. The predicted molar refractivity (Wildman–Crippen MR) is 77.3 cm³/mol. The van der Waals surface area contributed by atoms with E-state index >= 15 is 0 Å². The zero-order chi connectivity index (χ0) is 14.1. The van der Waals surface area contributed by atoms with Gasteiger partial charge < -0.3 is 4.90 Å². The van der Waals surface area contributed by atoms with E-state index in [9.17, 15) is 9.18 Å². The third-order valence-corrected chi connectivity index (χ3v) is 3.84. The minimum absolute atomic E-state index is 0.137. The molecule has 20 heavy (non-hydrogen) atoms. The predicted octanol–water partition coefficient (Wildman–Crippen LogP) is 3.52. The van der Waals surface area contributed by atoms with Gasteiger partial charge in [0.15, 0.2) is 0 Å². The van der Waals surface area contributed by atoms with Crippen LogP contribution in [0.1, 0.15) is 24.0 Å². The maximum absolute atomic E-state index is 13.0. The zero-order valence-corrected chi connectivity index (χ0v) is 11.3. The van der Waals surface area contributed by atoms with Crippen molar-refractivity contribution in [3.63, 3.8) is 0 Å². The van der Waals surface area contributed by atoms with Gasteiger partial charge >= 0.3 is 0 Å². The number of hydrogen-bond acceptors (Lipinski definition) is 1. The molecule has 0 N–H and O–H groups in total. The smallest absolute Gasteiger partial charge is 0.234 e. The van der Waals surface area contributed by atoms with E-state index in [0.717, 1.165) is 16.8 Å². The van der Waals surface area contributed by atoms with Crippen LogP contribution in [0.15, 0.2) is 48.5 Å². The number of carbonyl (C=O) groups excluding carboxylic acids is 1. The molecule has 1 atom stereocenters. The summed E-state index contributed by atoms with van der Waals surface area (Å²) in [5.41, 5.74) is 3.06. The summed E-state index contributed by atoms with van der Waals surface area (Å²) in [6.45, 7) is 2.66. The highest BCUT2D eigenvalue weighted by Crippen LogP contribution is 2.38. The van der Waals surface area contributed by atoms with Gasteiger partial charge in [-0.3, -0.25) is 4.79 Å². The van der Waals surface area contributed by atoms with Crippen LogP contribution < -0.4 is 4.90 Å². The minimum atomic E-state index is -0.248. The van der Waals surface area contributed by atoms with Gasteiger partial charge in [-0.25, -0.2) is 4.39 Å². The number of rotatable bonds is 3. The quantitative estimate of drug-likeness (QED) is 0.835. The number of hydrogen-bond donors (Lipinski definition) is 0. The van der Waals surface area contributed by atoms with Gasteiger partial charge in [-0.05, 0) is 42.7 Å². The molecule has 0 fully saturated rings. The van der Waals surface area contributed by atoms with Gasteiger partial charge in [0.1, 0.15) is 5.82 Å². The van der Waals surface area contributed by atoms with E-state index in [2.05, 4.69) is 0 Å². The van der Waals surface area contributed by atoms with E-state index < -0.39 is 0 Å². The standard InChI is InChI=1S/C17H16FNO/c1-2-19-16-6-4-3-5-14(16)15(17(19)20)11-12-7-9-13(18)10-8-12/h3-10,15H,2,11H2,1H3/t15-/m1/s1. The van der Waals surface area contributed by atoms with Gasteiger partial charge in [-0.1, -0.05) is 30.3 Å². The van der Waals surface area contributed by atoms with Gasteiger partial charge in [0.2, 0.25) is 5.91 Å². The van der Waals surface area contributed by atoms with Gasteiger partial charge in [-0.15, -0.1) is 0 Å². The summed E-state index contributed by atoms with van der Waals surface area (Å²) in [5.74, 6) is -0.267. The van der Waals surface area contributed by atoms with Gasteiger partial charge in [0.25, 0.3) is 0 Å². The topological polar surface area (TPSA) is 20.3 Å². The monoisotopic (exact) mass is 269 g/mol. The Kier molecular flexibility index (Phi) is 3.26. The first kappa shape index (κ1) is 12.9. The van der Waals surface area contributed by atoms with E-state index in [0.29, 0.717) is 13.0 Å². The average Bonchev–Trinajstić information content (AvgIpc) is 2.74. The fraction of sp³-hybridized carbons (Fsp3) is 0.235. The first-order chi connectivity index (χ1) is 9.70. The Morgan fingerprint density at radius 2 is 1.80 bits per heavy atom. The third-order valence-electron chi connectivity index (χ3n) is 3.84. The number of anilines is 1. The van der Waals surface area contributed by atoms with Crippen molar-refractivity contribution in [2.45, 2.75) is 19.3 Å². The van der Waals surface area contributed by atoms with Crippen molar-refractivity contribution in [1.29, 1.82) is 0 Å². The lowest BCUT2D eigenvalue weighted by Crippen LogP contribution is -2.29. The maximum Gasteiger partial charge on any atom is 0.234 e. The molecule has 0 unspecified atom stereocenters. The molecule has 2 aromatic rings. The number of likely N-dealkylation sites (N-methyl/N-ethyl adjacent to an activating group) is 1. The van der Waals surface area contributed by atoms with E-state index in [1.165, 1.54) is 12.1 Å². The summed E-state index contributed by atoms with van der Waals surface area (Å²) in [6, 6.07) is 14.3. The number of nitrogens with zero attached hydrogens (tertiary/aromatic N) is 1. The van der Waals surface area contributed by atoms with Crippen LogP contribution in [0, 0.1) is 5.82 Å². The van der Waals surface area contributed by atoms with Crippen LogP contribution in [0.4, 0.5) is 10.1 Å². The molecule has 3 heteroatoms. The summed E-state index contributed by atoms with van der Waals surface area (Å²) in [5, 5.41) is 0. The van der Waals surface area contributed by atoms with E-state index in [4.69, 9.17) is 0 Å².